The standard InChI is InChI=1S/C60H94O26/c1-12-24(2)50(76)85-48-47(86-53-42(73)43(78-26(4)64)35(66)25(3)77-53)55(5,6)19-28-27-13-14-32-57(9)17-16-34(56(7,8)31(57)15-18-58(32,10)59(27,11)20-33(65)60(28,48)23-63)81-54-46(84-52-40(71)38(69)36(67)29(21-61)79-52)44(41(72)45(83-54)49(74)75)82-51-39(70)37(68)30(22-62)80-51/h12-13,25,28-48,51-54,61-63,65-73H,14-23H2,1-11H3,(H,74,75)/b24-12-/t25-,28?,29+,30-,31?,32?,33+,34-,35-,36-,37-,38-,39+,40+,41-,42+,43+,44-,45-,46+,47-,48-,51-,52-,53-,54+,57-,58+,59+,60-/m0/s1. The van der Waals surface area contributed by atoms with Crippen molar-refractivity contribution in [1.29, 1.82) is 0 Å². The van der Waals surface area contributed by atoms with Crippen LogP contribution in [0.25, 0.3) is 0 Å². The first-order valence-electron chi connectivity index (χ1n) is 30.3. The van der Waals surface area contributed by atoms with Crippen LogP contribution < -0.4 is 0 Å². The zero-order valence-corrected chi connectivity index (χ0v) is 50.9. The van der Waals surface area contributed by atoms with Crippen molar-refractivity contribution in [2.24, 2.45) is 50.2 Å². The van der Waals surface area contributed by atoms with E-state index in [9.17, 15) is 80.8 Å². The Labute approximate surface area is 500 Å². The topological polar surface area (TPSA) is 407 Å². The van der Waals surface area contributed by atoms with E-state index < -0.39 is 217 Å². The van der Waals surface area contributed by atoms with Crippen molar-refractivity contribution in [2.45, 2.75) is 262 Å². The number of fused-ring (bicyclic) bond motifs is 7. The summed E-state index contributed by atoms with van der Waals surface area (Å²) in [6, 6.07) is 0. The number of allylic oxidation sites excluding steroid dienone is 3. The molecule has 4 saturated carbocycles. The van der Waals surface area contributed by atoms with Gasteiger partial charge in [-0.05, 0) is 111 Å². The van der Waals surface area contributed by atoms with E-state index in [1.54, 1.807) is 19.9 Å². The minimum Gasteiger partial charge on any atom is -0.479 e. The molecule has 0 aromatic rings. The summed E-state index contributed by atoms with van der Waals surface area (Å²) < 4.78 is 61.2. The predicted octanol–water partition coefficient (Wildman–Crippen LogP) is -0.803. The van der Waals surface area contributed by atoms with Gasteiger partial charge in [0, 0.05) is 12.5 Å². The van der Waals surface area contributed by atoms with Crippen LogP contribution >= 0.6 is 0 Å². The van der Waals surface area contributed by atoms with Crippen molar-refractivity contribution < 1.29 is 128 Å². The number of ether oxygens (including phenoxy) is 10. The molecule has 5 aliphatic carbocycles. The van der Waals surface area contributed by atoms with Crippen LogP contribution in [0.3, 0.4) is 0 Å². The molecule has 0 aromatic carbocycles. The molecule has 0 radical (unpaired) electrons. The maximum Gasteiger partial charge on any atom is 0.335 e. The summed E-state index contributed by atoms with van der Waals surface area (Å²) in [5.41, 5.74) is -3.66. The van der Waals surface area contributed by atoms with Crippen LogP contribution in [0.1, 0.15) is 121 Å². The maximum absolute atomic E-state index is 14.1. The van der Waals surface area contributed by atoms with Gasteiger partial charge in [-0.3, -0.25) is 4.79 Å². The molecule has 0 aromatic heterocycles. The molecular weight excluding hydrogens is 1140 g/mol. The van der Waals surface area contributed by atoms with Gasteiger partial charge in [-0.1, -0.05) is 66.2 Å². The number of carboxylic acid groups (broad SMARTS) is 1. The van der Waals surface area contributed by atoms with Gasteiger partial charge in [0.05, 0.1) is 43.5 Å². The van der Waals surface area contributed by atoms with Crippen LogP contribution in [-0.4, -0.2) is 245 Å². The first-order valence-corrected chi connectivity index (χ1v) is 30.3. The summed E-state index contributed by atoms with van der Waals surface area (Å²) >= 11 is 0. The Morgan fingerprint density at radius 3 is 1.80 bits per heavy atom. The lowest BCUT2D eigenvalue weighted by atomic mass is 9.33. The smallest absolute Gasteiger partial charge is 0.335 e. The summed E-state index contributed by atoms with van der Waals surface area (Å²) in [6.07, 6.45) is -29.9. The fourth-order valence-electron chi connectivity index (χ4n) is 17.5. The average Bonchev–Trinajstić information content (AvgIpc) is 0.727. The van der Waals surface area contributed by atoms with E-state index in [0.717, 1.165) is 12.5 Å². The van der Waals surface area contributed by atoms with Gasteiger partial charge in [0.1, 0.15) is 85.5 Å². The van der Waals surface area contributed by atoms with Gasteiger partial charge in [0.25, 0.3) is 0 Å². The molecule has 490 valence electrons. The van der Waals surface area contributed by atoms with Gasteiger partial charge in [0.2, 0.25) is 0 Å². The highest BCUT2D eigenvalue weighted by molar-refractivity contribution is 5.87. The summed E-state index contributed by atoms with van der Waals surface area (Å²) in [7, 11) is 0. The number of aliphatic carboxylic acids is 1. The molecule has 26 nitrogen and oxygen atoms in total. The van der Waals surface area contributed by atoms with Gasteiger partial charge in [-0.25, -0.2) is 9.59 Å². The SMILES string of the molecule is C/C=C(/C)C(=O)O[C@H]1[C@H](O[C@@H]2O[C@@H](C)[C@H](O)[C@@H](OC(C)=O)[C@H]2O)C(C)(C)CC2C3=CCC4[C@@]5(C)CC[C@H](O[C@@H]6O[C@H](C(=O)O)[C@@H](O)[C@H](O[C@@H]7O[C@@H](CO)[C@H](O)[C@H]7O)[C@H]6O[C@@H]6O[C@H](CO)[C@H](O)[C@H](O)[C@H]6O)C(C)(C)C5CC[C@@]4(C)[C@]3(C)C[C@@H](O)[C@]21CO. The Balaban J connectivity index is 1.03. The fraction of sp³-hybridized carbons (Fsp3) is 0.883. The summed E-state index contributed by atoms with van der Waals surface area (Å²) in [6.45, 7) is 18.4. The molecule has 86 heavy (non-hydrogen) atoms. The lowest BCUT2D eigenvalue weighted by molar-refractivity contribution is -0.386. The van der Waals surface area contributed by atoms with Crippen LogP contribution in [0.5, 0.6) is 0 Å². The Morgan fingerprint density at radius 2 is 1.22 bits per heavy atom. The van der Waals surface area contributed by atoms with Gasteiger partial charge >= 0.3 is 17.9 Å². The van der Waals surface area contributed by atoms with Crippen molar-refractivity contribution >= 4 is 17.9 Å². The molecule has 4 aliphatic heterocycles. The third kappa shape index (κ3) is 10.9. The van der Waals surface area contributed by atoms with Gasteiger partial charge < -0.3 is 114 Å². The third-order valence-electron chi connectivity index (χ3n) is 22.6. The Bertz CT molecular complexity index is 2530. The number of carboxylic acids is 1. The van der Waals surface area contributed by atoms with Crippen molar-refractivity contribution in [2.75, 3.05) is 19.8 Å². The zero-order valence-electron chi connectivity index (χ0n) is 50.9. The molecule has 0 bridgehead atoms. The van der Waals surface area contributed by atoms with Crippen molar-refractivity contribution in [3.63, 3.8) is 0 Å². The summed E-state index contributed by atoms with van der Waals surface area (Å²) in [4.78, 5) is 39.2. The molecule has 9 aliphatic rings. The molecule has 8 fully saturated rings. The Kier molecular flexibility index (Phi) is 19.3. The second kappa shape index (κ2) is 24.6. The second-order valence-electron chi connectivity index (χ2n) is 28.0. The quantitative estimate of drug-likeness (QED) is 0.0413. The predicted molar refractivity (Wildman–Crippen MR) is 293 cm³/mol. The first-order chi connectivity index (χ1) is 40.1. The molecule has 4 saturated heterocycles. The monoisotopic (exact) mass is 1230 g/mol. The lowest BCUT2D eigenvalue weighted by Gasteiger charge is -2.72. The van der Waals surface area contributed by atoms with Gasteiger partial charge in [-0.15, -0.1) is 0 Å². The Morgan fingerprint density at radius 1 is 0.628 bits per heavy atom. The first kappa shape index (κ1) is 67.5. The van der Waals surface area contributed by atoms with E-state index in [1.165, 1.54) is 6.92 Å². The number of carbonyl (C=O) groups is 3. The number of rotatable bonds is 15. The zero-order chi connectivity index (χ0) is 63.5. The molecule has 0 amide bonds. The largest absolute Gasteiger partial charge is 0.479 e. The number of hydrogen-bond acceptors (Lipinski definition) is 25. The molecule has 30 atom stereocenters. The van der Waals surface area contributed by atoms with E-state index in [0.29, 0.717) is 38.5 Å². The highest BCUT2D eigenvalue weighted by Crippen LogP contribution is 2.76. The van der Waals surface area contributed by atoms with Crippen molar-refractivity contribution in [3.8, 4) is 0 Å². The second-order valence-corrected chi connectivity index (χ2v) is 28.0. The van der Waals surface area contributed by atoms with E-state index in [-0.39, 0.29) is 23.8 Å². The molecule has 9 rings (SSSR count). The van der Waals surface area contributed by atoms with Gasteiger partial charge in [-0.2, -0.15) is 0 Å². The fourth-order valence-corrected chi connectivity index (χ4v) is 17.5. The molecule has 0 spiro atoms. The van der Waals surface area contributed by atoms with Gasteiger partial charge in [0.15, 0.2) is 37.4 Å². The third-order valence-corrected chi connectivity index (χ3v) is 22.6. The molecule has 26 heteroatoms. The summed E-state index contributed by atoms with van der Waals surface area (Å²) in [5.74, 6) is -3.84. The molecular formula is C60H94O26. The average molecular weight is 1230 g/mol. The molecule has 3 unspecified atom stereocenters. The van der Waals surface area contributed by atoms with Crippen molar-refractivity contribution in [3.05, 3.63) is 23.3 Å². The normalized spacial score (nSPS) is 50.8. The maximum atomic E-state index is 14.1. The number of aliphatic hydroxyl groups excluding tert-OH is 12. The van der Waals surface area contributed by atoms with Crippen LogP contribution in [0.2, 0.25) is 0 Å². The Hall–Kier alpha value is -2.91. The molecule has 13 N–H and O–H groups in total. The molecule has 4 heterocycles. The minimum atomic E-state index is -2.13. The number of carbonyl (C=O) groups excluding carboxylic acids is 2. The van der Waals surface area contributed by atoms with E-state index in [4.69, 9.17) is 47.4 Å². The van der Waals surface area contributed by atoms with E-state index in [1.807, 2.05) is 27.7 Å². The highest BCUT2D eigenvalue weighted by atomic mass is 16.8. The number of esters is 2. The van der Waals surface area contributed by atoms with Crippen LogP contribution in [-0.2, 0) is 61.8 Å². The van der Waals surface area contributed by atoms with Crippen LogP contribution in [0.4, 0.5) is 0 Å². The summed E-state index contributed by atoms with van der Waals surface area (Å²) in [5, 5.41) is 144. The number of aliphatic hydroxyl groups is 12. The number of hydrogen-bond donors (Lipinski definition) is 13. The van der Waals surface area contributed by atoms with Crippen LogP contribution in [0, 0.1) is 50.2 Å². The van der Waals surface area contributed by atoms with Crippen LogP contribution in [0.15, 0.2) is 23.3 Å². The van der Waals surface area contributed by atoms with Crippen molar-refractivity contribution in [1.82, 2.24) is 0 Å². The van der Waals surface area contributed by atoms with E-state index >= 15 is 0 Å². The highest BCUT2D eigenvalue weighted by Gasteiger charge is 2.74. The lowest BCUT2D eigenvalue weighted by Crippen LogP contribution is -2.73. The minimum absolute atomic E-state index is 0.0314. The van der Waals surface area contributed by atoms with E-state index in [2.05, 4.69) is 26.8 Å².